The van der Waals surface area contributed by atoms with E-state index >= 15 is 0 Å². The summed E-state index contributed by atoms with van der Waals surface area (Å²) in [5.41, 5.74) is 0.772. The van der Waals surface area contributed by atoms with Crippen molar-refractivity contribution in [1.82, 2.24) is 4.90 Å². The van der Waals surface area contributed by atoms with Crippen LogP contribution in [-0.4, -0.2) is 46.9 Å². The van der Waals surface area contributed by atoms with Crippen LogP contribution in [0.5, 0.6) is 0 Å². The van der Waals surface area contributed by atoms with Gasteiger partial charge in [0.05, 0.1) is 0 Å². The number of ketones is 1. The molecular weight excluding hydrogens is 260 g/mol. The van der Waals surface area contributed by atoms with Gasteiger partial charge in [-0.1, -0.05) is 0 Å². The summed E-state index contributed by atoms with van der Waals surface area (Å²) >= 11 is 0. The van der Waals surface area contributed by atoms with Crippen LogP contribution >= 0.6 is 0 Å². The molecule has 0 atom stereocenters. The Labute approximate surface area is 116 Å². The highest BCUT2D eigenvalue weighted by molar-refractivity contribution is 6.39. The second-order valence-corrected chi connectivity index (χ2v) is 4.90. The lowest BCUT2D eigenvalue weighted by Crippen LogP contribution is -2.36. The molecule has 0 aromatic heterocycles. The molecule has 0 radical (unpaired) electrons. The van der Waals surface area contributed by atoms with Gasteiger partial charge < -0.3 is 10.0 Å². The lowest BCUT2D eigenvalue weighted by atomic mass is 10.1. The van der Waals surface area contributed by atoms with Crippen molar-refractivity contribution in [2.45, 2.75) is 19.9 Å². The fourth-order valence-electron chi connectivity index (χ4n) is 2.19. The number of rotatable bonds is 4. The second kappa shape index (κ2) is 5.32. The zero-order valence-electron chi connectivity index (χ0n) is 11.4. The number of anilines is 1. The van der Waals surface area contributed by atoms with E-state index in [0.717, 1.165) is 0 Å². The van der Waals surface area contributed by atoms with Crippen LogP contribution in [0.15, 0.2) is 24.3 Å². The third kappa shape index (κ3) is 2.49. The molecular formula is C14H16N2O4. The number of Topliss-reactive ketones (excluding diaryl/α,β-unsaturated/α-hetero) is 1. The number of amides is 2. The minimum atomic E-state index is -1.49. The Morgan fingerprint density at radius 1 is 1.15 bits per heavy atom. The number of carboxylic acid groups (broad SMARTS) is 1. The summed E-state index contributed by atoms with van der Waals surface area (Å²) in [6.07, 6.45) is 0. The zero-order chi connectivity index (χ0) is 14.9. The van der Waals surface area contributed by atoms with E-state index in [2.05, 4.69) is 0 Å². The average Bonchev–Trinajstić information content (AvgIpc) is 2.80. The van der Waals surface area contributed by atoms with Gasteiger partial charge in [0.1, 0.15) is 0 Å². The van der Waals surface area contributed by atoms with Gasteiger partial charge in [0, 0.05) is 30.4 Å². The SMILES string of the molecule is CC(C)N1CCN(c2ccc(C(=O)C(=O)O)cc2)C1=O. The number of carbonyl (C=O) groups excluding carboxylic acids is 2. The summed E-state index contributed by atoms with van der Waals surface area (Å²) in [4.78, 5) is 37.4. The maximum Gasteiger partial charge on any atom is 0.377 e. The highest BCUT2D eigenvalue weighted by Gasteiger charge is 2.31. The number of hydrogen-bond donors (Lipinski definition) is 1. The molecule has 106 valence electrons. The Morgan fingerprint density at radius 2 is 1.75 bits per heavy atom. The number of urea groups is 1. The van der Waals surface area contributed by atoms with Crippen molar-refractivity contribution in [2.75, 3.05) is 18.0 Å². The fourth-order valence-corrected chi connectivity index (χ4v) is 2.19. The summed E-state index contributed by atoms with van der Waals surface area (Å²) in [6.45, 7) is 5.15. The molecule has 0 spiro atoms. The first-order valence-electron chi connectivity index (χ1n) is 6.37. The van der Waals surface area contributed by atoms with Crippen molar-refractivity contribution >= 4 is 23.5 Å². The topological polar surface area (TPSA) is 77.9 Å². The van der Waals surface area contributed by atoms with Gasteiger partial charge in [0.2, 0.25) is 0 Å². The Kier molecular flexibility index (Phi) is 3.74. The van der Waals surface area contributed by atoms with Crippen LogP contribution in [0.25, 0.3) is 0 Å². The van der Waals surface area contributed by atoms with Crippen molar-refractivity contribution in [1.29, 1.82) is 0 Å². The molecule has 1 aliphatic rings. The van der Waals surface area contributed by atoms with Crippen LogP contribution < -0.4 is 4.90 Å². The molecule has 1 saturated heterocycles. The van der Waals surface area contributed by atoms with E-state index in [1.807, 2.05) is 13.8 Å². The summed E-state index contributed by atoms with van der Waals surface area (Å²) < 4.78 is 0. The second-order valence-electron chi connectivity index (χ2n) is 4.90. The molecule has 1 aliphatic heterocycles. The Hall–Kier alpha value is -2.37. The number of hydrogen-bond acceptors (Lipinski definition) is 3. The van der Waals surface area contributed by atoms with Gasteiger partial charge in [-0.05, 0) is 38.1 Å². The monoisotopic (exact) mass is 276 g/mol. The first-order valence-corrected chi connectivity index (χ1v) is 6.37. The van der Waals surface area contributed by atoms with Crippen molar-refractivity contribution in [3.8, 4) is 0 Å². The molecule has 6 nitrogen and oxygen atoms in total. The van der Waals surface area contributed by atoms with Gasteiger partial charge in [0.25, 0.3) is 5.78 Å². The fraction of sp³-hybridized carbons (Fsp3) is 0.357. The molecule has 2 amide bonds. The van der Waals surface area contributed by atoms with E-state index in [0.29, 0.717) is 18.8 Å². The third-order valence-corrected chi connectivity index (χ3v) is 3.30. The normalized spacial score (nSPS) is 15.1. The molecule has 1 aromatic rings. The summed E-state index contributed by atoms with van der Waals surface area (Å²) in [7, 11) is 0. The molecule has 0 bridgehead atoms. The minimum absolute atomic E-state index is 0.0719. The first kappa shape index (κ1) is 14.0. The van der Waals surface area contributed by atoms with E-state index in [9.17, 15) is 14.4 Å². The molecule has 0 saturated carbocycles. The van der Waals surface area contributed by atoms with Crippen LogP contribution in [0, 0.1) is 0 Å². The summed E-state index contributed by atoms with van der Waals surface area (Å²) in [6, 6.07) is 6.11. The summed E-state index contributed by atoms with van der Waals surface area (Å²) in [5.74, 6) is -2.44. The number of nitrogens with zero attached hydrogens (tertiary/aromatic N) is 2. The largest absolute Gasteiger partial charge is 0.475 e. The standard InChI is InChI=1S/C14H16N2O4/c1-9(2)15-7-8-16(14(15)20)11-5-3-10(4-6-11)12(17)13(18)19/h3-6,9H,7-8H2,1-2H3,(H,18,19). The lowest BCUT2D eigenvalue weighted by Gasteiger charge is -2.21. The van der Waals surface area contributed by atoms with E-state index in [1.165, 1.54) is 12.1 Å². The van der Waals surface area contributed by atoms with Crippen LogP contribution in [-0.2, 0) is 4.79 Å². The molecule has 6 heteroatoms. The van der Waals surface area contributed by atoms with Crippen LogP contribution in [0.4, 0.5) is 10.5 Å². The van der Waals surface area contributed by atoms with Gasteiger partial charge in [-0.3, -0.25) is 9.69 Å². The minimum Gasteiger partial charge on any atom is -0.475 e. The van der Waals surface area contributed by atoms with E-state index in [-0.39, 0.29) is 17.6 Å². The molecule has 0 unspecified atom stereocenters. The Balaban J connectivity index is 2.17. The predicted molar refractivity (Wildman–Crippen MR) is 73.0 cm³/mol. The Morgan fingerprint density at radius 3 is 2.20 bits per heavy atom. The lowest BCUT2D eigenvalue weighted by molar-refractivity contribution is -0.131. The molecule has 1 N–H and O–H groups in total. The van der Waals surface area contributed by atoms with Crippen LogP contribution in [0.3, 0.4) is 0 Å². The van der Waals surface area contributed by atoms with Crippen molar-refractivity contribution in [3.05, 3.63) is 29.8 Å². The summed E-state index contributed by atoms with van der Waals surface area (Å²) in [5, 5.41) is 8.63. The smallest absolute Gasteiger partial charge is 0.377 e. The first-order chi connectivity index (χ1) is 9.41. The quantitative estimate of drug-likeness (QED) is 0.669. The maximum absolute atomic E-state index is 12.2. The number of aliphatic carboxylic acids is 1. The zero-order valence-corrected chi connectivity index (χ0v) is 11.4. The van der Waals surface area contributed by atoms with Gasteiger partial charge in [-0.25, -0.2) is 9.59 Å². The Bertz CT molecular complexity index is 551. The van der Waals surface area contributed by atoms with E-state index in [1.54, 1.807) is 21.9 Å². The van der Waals surface area contributed by atoms with Gasteiger partial charge in [-0.15, -0.1) is 0 Å². The predicted octanol–water partition coefficient (Wildman–Crippen LogP) is 1.60. The molecule has 1 fully saturated rings. The number of carbonyl (C=O) groups is 3. The van der Waals surface area contributed by atoms with Crippen molar-refractivity contribution in [2.24, 2.45) is 0 Å². The molecule has 0 aliphatic carbocycles. The van der Waals surface area contributed by atoms with Crippen LogP contribution in [0.1, 0.15) is 24.2 Å². The third-order valence-electron chi connectivity index (χ3n) is 3.30. The van der Waals surface area contributed by atoms with Crippen LogP contribution in [0.2, 0.25) is 0 Å². The molecule has 2 rings (SSSR count). The number of carboxylic acids is 1. The molecule has 20 heavy (non-hydrogen) atoms. The van der Waals surface area contributed by atoms with Crippen molar-refractivity contribution < 1.29 is 19.5 Å². The van der Waals surface area contributed by atoms with E-state index < -0.39 is 11.8 Å². The highest BCUT2D eigenvalue weighted by Crippen LogP contribution is 2.22. The molecule has 1 aromatic carbocycles. The van der Waals surface area contributed by atoms with E-state index in [4.69, 9.17) is 5.11 Å². The maximum atomic E-state index is 12.2. The van der Waals surface area contributed by atoms with Gasteiger partial charge in [0.15, 0.2) is 0 Å². The van der Waals surface area contributed by atoms with Crippen molar-refractivity contribution in [3.63, 3.8) is 0 Å². The highest BCUT2D eigenvalue weighted by atomic mass is 16.4. The molecule has 1 heterocycles. The van der Waals surface area contributed by atoms with Gasteiger partial charge in [-0.2, -0.15) is 0 Å². The average molecular weight is 276 g/mol. The van der Waals surface area contributed by atoms with Gasteiger partial charge >= 0.3 is 12.0 Å². The number of benzene rings is 1.